The number of rotatable bonds is 5. The number of nitrogens with zero attached hydrogens (tertiary/aromatic N) is 3. The van der Waals surface area contributed by atoms with Crippen molar-refractivity contribution in [2.45, 2.75) is 25.4 Å². The first-order valence-corrected chi connectivity index (χ1v) is 8.68. The summed E-state index contributed by atoms with van der Waals surface area (Å²) in [6.45, 7) is 3.44. The minimum absolute atomic E-state index is 0.310. The van der Waals surface area contributed by atoms with E-state index in [9.17, 15) is 5.11 Å². The quantitative estimate of drug-likeness (QED) is 0.915. The maximum atomic E-state index is 9.35. The van der Waals surface area contributed by atoms with Crippen molar-refractivity contribution in [2.75, 3.05) is 19.6 Å². The summed E-state index contributed by atoms with van der Waals surface area (Å²) in [7, 11) is 0. The number of fused-ring (bicyclic) bond motifs is 1. The van der Waals surface area contributed by atoms with Crippen molar-refractivity contribution in [1.82, 2.24) is 14.9 Å². The summed E-state index contributed by atoms with van der Waals surface area (Å²) in [5.41, 5.74) is 1.29. The van der Waals surface area contributed by atoms with Crippen LogP contribution in [-0.2, 0) is 6.42 Å². The molecule has 2 fully saturated rings. The molecule has 4 rings (SSSR count). The summed E-state index contributed by atoms with van der Waals surface area (Å²) in [5.74, 6) is 2.62. The zero-order valence-corrected chi connectivity index (χ0v) is 13.7. The van der Waals surface area contributed by atoms with Gasteiger partial charge in [0.25, 0.3) is 0 Å². The zero-order valence-electron chi connectivity index (χ0n) is 13.7. The van der Waals surface area contributed by atoms with E-state index in [0.717, 1.165) is 43.4 Å². The lowest BCUT2D eigenvalue weighted by Crippen LogP contribution is -2.26. The third kappa shape index (κ3) is 3.51. The Morgan fingerprint density at radius 1 is 1.04 bits per heavy atom. The van der Waals surface area contributed by atoms with E-state index in [1.807, 2.05) is 12.1 Å². The van der Waals surface area contributed by atoms with E-state index in [-0.39, 0.29) is 0 Å². The predicted molar refractivity (Wildman–Crippen MR) is 90.9 cm³/mol. The molecule has 2 heterocycles. The Morgan fingerprint density at radius 2 is 1.71 bits per heavy atom. The second kappa shape index (κ2) is 6.77. The Morgan fingerprint density at radius 3 is 2.38 bits per heavy atom. The van der Waals surface area contributed by atoms with E-state index in [1.54, 1.807) is 24.5 Å². The van der Waals surface area contributed by atoms with Gasteiger partial charge in [-0.25, -0.2) is 9.97 Å². The van der Waals surface area contributed by atoms with E-state index in [1.165, 1.54) is 25.0 Å². The third-order valence-electron chi connectivity index (χ3n) is 5.28. The third-order valence-corrected chi connectivity index (χ3v) is 5.28. The lowest BCUT2D eigenvalue weighted by molar-refractivity contribution is 0.184. The number of phenols is 1. The van der Waals surface area contributed by atoms with E-state index in [0.29, 0.717) is 11.9 Å². The fraction of sp³-hybridized carbons (Fsp3) is 0.474. The second-order valence-electron chi connectivity index (χ2n) is 6.98. The summed E-state index contributed by atoms with van der Waals surface area (Å²) in [5, 5.41) is 9.35. The Labute approximate surface area is 142 Å². The molecule has 1 aromatic carbocycles. The number of ether oxygens (including phenoxy) is 1. The van der Waals surface area contributed by atoms with Gasteiger partial charge in [-0.3, -0.25) is 0 Å². The fourth-order valence-corrected chi connectivity index (χ4v) is 4.11. The van der Waals surface area contributed by atoms with Crippen LogP contribution in [0.25, 0.3) is 0 Å². The Bertz CT molecular complexity index is 648. The molecule has 1 saturated heterocycles. The molecule has 0 spiro atoms. The molecule has 3 atom stereocenters. The van der Waals surface area contributed by atoms with Gasteiger partial charge in [-0.1, -0.05) is 12.1 Å². The number of phenolic OH excluding ortho intramolecular Hbond substituents is 1. The van der Waals surface area contributed by atoms with E-state index < -0.39 is 0 Å². The Balaban J connectivity index is 1.25. The molecule has 1 aromatic heterocycles. The molecule has 1 saturated carbocycles. The summed E-state index contributed by atoms with van der Waals surface area (Å²) in [6.07, 6.45) is 8.63. The molecule has 0 radical (unpaired) electrons. The Kier molecular flexibility index (Phi) is 4.34. The highest BCUT2D eigenvalue weighted by Crippen LogP contribution is 2.39. The van der Waals surface area contributed by atoms with Gasteiger partial charge < -0.3 is 14.7 Å². The average molecular weight is 325 g/mol. The lowest BCUT2D eigenvalue weighted by Gasteiger charge is -2.19. The zero-order chi connectivity index (χ0) is 16.4. The van der Waals surface area contributed by atoms with E-state index >= 15 is 0 Å². The van der Waals surface area contributed by atoms with Gasteiger partial charge in [0.1, 0.15) is 12.1 Å². The van der Waals surface area contributed by atoms with Crippen molar-refractivity contribution in [3.8, 4) is 11.5 Å². The summed E-state index contributed by atoms with van der Waals surface area (Å²) < 4.78 is 6.02. The predicted octanol–water partition coefficient (Wildman–Crippen LogP) is 2.51. The SMILES string of the molecule is Oc1ccc(CCN2CC3CC(Oc4cncnc4)C[C@@H]3C2)cc1. The monoisotopic (exact) mass is 325 g/mol. The van der Waals surface area contributed by atoms with Crippen LogP contribution in [0.4, 0.5) is 0 Å². The van der Waals surface area contributed by atoms with Crippen LogP contribution in [0, 0.1) is 11.8 Å². The number of hydrogen-bond donors (Lipinski definition) is 1. The van der Waals surface area contributed by atoms with Gasteiger partial charge in [0.15, 0.2) is 5.75 Å². The maximum absolute atomic E-state index is 9.35. The molecular weight excluding hydrogens is 302 g/mol. The average Bonchev–Trinajstić information content (AvgIpc) is 3.13. The van der Waals surface area contributed by atoms with Crippen LogP contribution in [0.2, 0.25) is 0 Å². The molecule has 0 bridgehead atoms. The highest BCUT2D eigenvalue weighted by atomic mass is 16.5. The summed E-state index contributed by atoms with van der Waals surface area (Å²) >= 11 is 0. The van der Waals surface area contributed by atoms with Crippen molar-refractivity contribution in [3.63, 3.8) is 0 Å². The minimum atomic E-state index is 0.310. The first kappa shape index (κ1) is 15.4. The van der Waals surface area contributed by atoms with Crippen LogP contribution in [0.3, 0.4) is 0 Å². The largest absolute Gasteiger partial charge is 0.508 e. The molecule has 5 nitrogen and oxygen atoms in total. The first-order chi connectivity index (χ1) is 11.8. The fourth-order valence-electron chi connectivity index (χ4n) is 4.11. The van der Waals surface area contributed by atoms with Crippen LogP contribution < -0.4 is 4.74 Å². The van der Waals surface area contributed by atoms with Gasteiger partial charge in [-0.05, 0) is 48.8 Å². The molecule has 2 aliphatic rings. The van der Waals surface area contributed by atoms with Crippen LogP contribution in [0.1, 0.15) is 18.4 Å². The number of likely N-dealkylation sites (tertiary alicyclic amines) is 1. The molecule has 1 aliphatic heterocycles. The smallest absolute Gasteiger partial charge is 0.156 e. The molecule has 0 amide bonds. The van der Waals surface area contributed by atoms with Crippen molar-refractivity contribution >= 4 is 0 Å². The molecule has 5 heteroatoms. The van der Waals surface area contributed by atoms with Crippen LogP contribution in [0.15, 0.2) is 43.0 Å². The van der Waals surface area contributed by atoms with Gasteiger partial charge >= 0.3 is 0 Å². The lowest BCUT2D eigenvalue weighted by atomic mass is 10.0. The molecule has 1 N–H and O–H groups in total. The summed E-state index contributed by atoms with van der Waals surface area (Å²) in [6, 6.07) is 7.56. The standard InChI is InChI=1S/C19H23N3O2/c23-17-3-1-14(2-4-17)5-6-22-11-15-7-18(8-16(15)12-22)24-19-9-20-13-21-10-19/h1-4,9-10,13,15-16,18,23H,5-8,11-12H2/t15-,16?,18?/m1/s1. The van der Waals surface area contributed by atoms with Crippen LogP contribution in [-0.4, -0.2) is 45.7 Å². The van der Waals surface area contributed by atoms with Crippen molar-refractivity contribution in [1.29, 1.82) is 0 Å². The number of hydrogen-bond acceptors (Lipinski definition) is 5. The van der Waals surface area contributed by atoms with Gasteiger partial charge in [0.05, 0.1) is 18.5 Å². The van der Waals surface area contributed by atoms with Crippen molar-refractivity contribution < 1.29 is 9.84 Å². The first-order valence-electron chi connectivity index (χ1n) is 8.68. The van der Waals surface area contributed by atoms with Crippen LogP contribution >= 0.6 is 0 Å². The molecule has 1 aliphatic carbocycles. The molecule has 24 heavy (non-hydrogen) atoms. The van der Waals surface area contributed by atoms with E-state index in [2.05, 4.69) is 14.9 Å². The van der Waals surface area contributed by atoms with Crippen molar-refractivity contribution in [3.05, 3.63) is 48.5 Å². The highest BCUT2D eigenvalue weighted by molar-refractivity contribution is 5.26. The molecule has 2 unspecified atom stereocenters. The second-order valence-corrected chi connectivity index (χ2v) is 6.98. The Hall–Kier alpha value is -2.14. The molecule has 126 valence electrons. The van der Waals surface area contributed by atoms with Gasteiger partial charge in [-0.15, -0.1) is 0 Å². The molecular formula is C19H23N3O2. The highest BCUT2D eigenvalue weighted by Gasteiger charge is 2.41. The van der Waals surface area contributed by atoms with Gasteiger partial charge in [0, 0.05) is 19.6 Å². The van der Waals surface area contributed by atoms with Crippen LogP contribution in [0.5, 0.6) is 11.5 Å². The maximum Gasteiger partial charge on any atom is 0.156 e. The van der Waals surface area contributed by atoms with E-state index in [4.69, 9.17) is 4.74 Å². The number of benzene rings is 1. The normalized spacial score (nSPS) is 26.4. The minimum Gasteiger partial charge on any atom is -0.508 e. The van der Waals surface area contributed by atoms with Gasteiger partial charge in [0.2, 0.25) is 0 Å². The van der Waals surface area contributed by atoms with Gasteiger partial charge in [-0.2, -0.15) is 0 Å². The topological polar surface area (TPSA) is 58.5 Å². The number of aromatic hydroxyl groups is 1. The molecule has 2 aromatic rings. The van der Waals surface area contributed by atoms with Crippen molar-refractivity contribution in [2.24, 2.45) is 11.8 Å². The number of aromatic nitrogens is 2. The summed E-state index contributed by atoms with van der Waals surface area (Å²) in [4.78, 5) is 10.6.